The molecule has 1 aliphatic heterocycles. The minimum atomic E-state index is -0.208. The Morgan fingerprint density at radius 2 is 1.91 bits per heavy atom. The number of rotatable bonds is 3. The lowest BCUT2D eigenvalue weighted by molar-refractivity contribution is 0.0694. The molecule has 0 saturated carbocycles. The van der Waals surface area contributed by atoms with Crippen molar-refractivity contribution >= 4 is 29.1 Å². The van der Waals surface area contributed by atoms with E-state index >= 15 is 0 Å². The lowest BCUT2D eigenvalue weighted by Crippen LogP contribution is -2.39. The Bertz CT molecular complexity index is 718. The number of nitrogens with zero attached hydrogens (tertiary/aromatic N) is 2. The molecule has 3 rings (SSSR count). The first-order valence-electron chi connectivity index (χ1n) is 7.29. The van der Waals surface area contributed by atoms with E-state index in [1.165, 1.54) is 6.33 Å². The standard InChI is InChI=1S/C16H15Cl2N3O2/c17-12-2-1-10(7-13(12)18)14-8-15(20-9-19-14)16(22)21-11-3-5-23-6-4-11/h1-2,7-9,11H,3-6H2,(H,21,22). The lowest BCUT2D eigenvalue weighted by atomic mass is 10.1. The molecule has 1 aromatic carbocycles. The topological polar surface area (TPSA) is 64.1 Å². The summed E-state index contributed by atoms with van der Waals surface area (Å²) in [4.78, 5) is 20.6. The maximum atomic E-state index is 12.3. The number of carbonyl (C=O) groups excluding carboxylic acids is 1. The SMILES string of the molecule is O=C(NC1CCOCC1)c1cc(-c2ccc(Cl)c(Cl)c2)ncn1. The summed E-state index contributed by atoms with van der Waals surface area (Å²) in [5.74, 6) is -0.208. The monoisotopic (exact) mass is 351 g/mol. The summed E-state index contributed by atoms with van der Waals surface area (Å²) in [5, 5.41) is 3.89. The molecule has 0 bridgehead atoms. The largest absolute Gasteiger partial charge is 0.381 e. The minimum Gasteiger partial charge on any atom is -0.381 e. The molecule has 0 aliphatic carbocycles. The Morgan fingerprint density at radius 1 is 1.13 bits per heavy atom. The van der Waals surface area contributed by atoms with E-state index in [4.69, 9.17) is 27.9 Å². The van der Waals surface area contributed by atoms with Gasteiger partial charge in [-0.05, 0) is 31.0 Å². The zero-order chi connectivity index (χ0) is 16.2. The van der Waals surface area contributed by atoms with Crippen LogP contribution >= 0.6 is 23.2 Å². The van der Waals surface area contributed by atoms with Crippen molar-refractivity contribution in [2.24, 2.45) is 0 Å². The Hall–Kier alpha value is -1.69. The number of benzene rings is 1. The predicted molar refractivity (Wildman–Crippen MR) is 88.8 cm³/mol. The second kappa shape index (κ2) is 7.25. The third-order valence-electron chi connectivity index (χ3n) is 3.67. The molecule has 23 heavy (non-hydrogen) atoms. The molecule has 1 fully saturated rings. The van der Waals surface area contributed by atoms with Crippen LogP contribution in [0.4, 0.5) is 0 Å². The first kappa shape index (κ1) is 16.2. The highest BCUT2D eigenvalue weighted by Gasteiger charge is 2.18. The van der Waals surface area contributed by atoms with Crippen molar-refractivity contribution in [3.63, 3.8) is 0 Å². The molecule has 0 atom stereocenters. The highest BCUT2D eigenvalue weighted by Crippen LogP contribution is 2.27. The van der Waals surface area contributed by atoms with Crippen LogP contribution in [0.1, 0.15) is 23.3 Å². The van der Waals surface area contributed by atoms with Gasteiger partial charge >= 0.3 is 0 Å². The van der Waals surface area contributed by atoms with Crippen molar-refractivity contribution < 1.29 is 9.53 Å². The van der Waals surface area contributed by atoms with E-state index in [2.05, 4.69) is 15.3 Å². The fourth-order valence-corrected chi connectivity index (χ4v) is 2.69. The van der Waals surface area contributed by atoms with E-state index in [0.717, 1.165) is 18.4 Å². The van der Waals surface area contributed by atoms with Crippen molar-refractivity contribution in [2.45, 2.75) is 18.9 Å². The summed E-state index contributed by atoms with van der Waals surface area (Å²) in [7, 11) is 0. The highest BCUT2D eigenvalue weighted by molar-refractivity contribution is 6.42. The number of amides is 1. The maximum absolute atomic E-state index is 12.3. The molecule has 7 heteroatoms. The average Bonchev–Trinajstić information content (AvgIpc) is 2.58. The first-order valence-corrected chi connectivity index (χ1v) is 8.05. The average molecular weight is 352 g/mol. The Balaban J connectivity index is 1.78. The number of hydrogen-bond donors (Lipinski definition) is 1. The van der Waals surface area contributed by atoms with E-state index in [1.807, 2.05) is 0 Å². The van der Waals surface area contributed by atoms with Gasteiger partial charge in [-0.1, -0.05) is 29.3 Å². The molecule has 120 valence electrons. The van der Waals surface area contributed by atoms with Crippen LogP contribution in [-0.2, 0) is 4.74 Å². The molecule has 0 spiro atoms. The first-order chi connectivity index (χ1) is 11.1. The van der Waals surface area contributed by atoms with Gasteiger partial charge in [0.2, 0.25) is 0 Å². The summed E-state index contributed by atoms with van der Waals surface area (Å²) in [6, 6.07) is 6.99. The normalized spacial score (nSPS) is 15.4. The van der Waals surface area contributed by atoms with Crippen LogP contribution in [0.5, 0.6) is 0 Å². The number of halogens is 2. The molecular weight excluding hydrogens is 337 g/mol. The summed E-state index contributed by atoms with van der Waals surface area (Å²) >= 11 is 11.9. The van der Waals surface area contributed by atoms with Gasteiger partial charge in [0, 0.05) is 24.8 Å². The fourth-order valence-electron chi connectivity index (χ4n) is 2.40. The number of aromatic nitrogens is 2. The molecule has 2 aromatic rings. The van der Waals surface area contributed by atoms with Crippen LogP contribution in [0, 0.1) is 0 Å². The van der Waals surface area contributed by atoms with Crippen molar-refractivity contribution in [1.29, 1.82) is 0 Å². The highest BCUT2D eigenvalue weighted by atomic mass is 35.5. The molecule has 5 nitrogen and oxygen atoms in total. The smallest absolute Gasteiger partial charge is 0.270 e. The van der Waals surface area contributed by atoms with Gasteiger partial charge in [-0.25, -0.2) is 9.97 Å². The van der Waals surface area contributed by atoms with Gasteiger partial charge in [-0.2, -0.15) is 0 Å². The molecule has 1 saturated heterocycles. The van der Waals surface area contributed by atoms with Gasteiger partial charge < -0.3 is 10.1 Å². The van der Waals surface area contributed by atoms with Crippen molar-refractivity contribution in [3.05, 3.63) is 46.3 Å². The molecule has 0 radical (unpaired) electrons. The van der Waals surface area contributed by atoms with Crippen LogP contribution in [0.3, 0.4) is 0 Å². The lowest BCUT2D eigenvalue weighted by Gasteiger charge is -2.22. The second-order valence-corrected chi connectivity index (χ2v) is 6.09. The molecule has 1 aliphatic rings. The number of nitrogens with one attached hydrogen (secondary N) is 1. The van der Waals surface area contributed by atoms with Gasteiger partial charge in [0.1, 0.15) is 12.0 Å². The molecule has 1 aromatic heterocycles. The van der Waals surface area contributed by atoms with E-state index in [-0.39, 0.29) is 11.9 Å². The van der Waals surface area contributed by atoms with Gasteiger partial charge in [0.15, 0.2) is 0 Å². The predicted octanol–water partition coefficient (Wildman–Crippen LogP) is 3.36. The summed E-state index contributed by atoms with van der Waals surface area (Å²) in [5.41, 5.74) is 1.73. The number of carbonyl (C=O) groups is 1. The van der Waals surface area contributed by atoms with Crippen LogP contribution in [0.2, 0.25) is 10.0 Å². The Labute approximate surface area is 144 Å². The summed E-state index contributed by atoms with van der Waals surface area (Å²) in [6.07, 6.45) is 3.00. The molecule has 1 amide bonds. The van der Waals surface area contributed by atoms with E-state index in [9.17, 15) is 4.79 Å². The molecule has 1 N–H and O–H groups in total. The number of ether oxygens (including phenoxy) is 1. The van der Waals surface area contributed by atoms with Crippen molar-refractivity contribution in [1.82, 2.24) is 15.3 Å². The fraction of sp³-hybridized carbons (Fsp3) is 0.312. The van der Waals surface area contributed by atoms with Gasteiger partial charge in [0.25, 0.3) is 5.91 Å². The summed E-state index contributed by atoms with van der Waals surface area (Å²) in [6.45, 7) is 1.34. The Kier molecular flexibility index (Phi) is 5.10. The second-order valence-electron chi connectivity index (χ2n) is 5.28. The molecule has 2 heterocycles. The van der Waals surface area contributed by atoms with Crippen LogP contribution in [-0.4, -0.2) is 35.1 Å². The van der Waals surface area contributed by atoms with Gasteiger partial charge in [-0.3, -0.25) is 4.79 Å². The van der Waals surface area contributed by atoms with Gasteiger partial charge in [-0.15, -0.1) is 0 Å². The molecular formula is C16H15Cl2N3O2. The summed E-state index contributed by atoms with van der Waals surface area (Å²) < 4.78 is 5.28. The van der Waals surface area contributed by atoms with Crippen LogP contribution < -0.4 is 5.32 Å². The van der Waals surface area contributed by atoms with Crippen LogP contribution in [0.15, 0.2) is 30.6 Å². The zero-order valence-corrected chi connectivity index (χ0v) is 13.8. The third kappa shape index (κ3) is 3.99. The third-order valence-corrected chi connectivity index (χ3v) is 4.41. The Morgan fingerprint density at radius 3 is 2.65 bits per heavy atom. The van der Waals surface area contributed by atoms with E-state index in [1.54, 1.807) is 24.3 Å². The van der Waals surface area contributed by atoms with E-state index in [0.29, 0.717) is 34.6 Å². The quantitative estimate of drug-likeness (QED) is 0.920. The number of hydrogen-bond acceptors (Lipinski definition) is 4. The zero-order valence-electron chi connectivity index (χ0n) is 12.3. The maximum Gasteiger partial charge on any atom is 0.270 e. The van der Waals surface area contributed by atoms with E-state index < -0.39 is 0 Å². The van der Waals surface area contributed by atoms with Gasteiger partial charge in [0.05, 0.1) is 15.7 Å². The van der Waals surface area contributed by atoms with Crippen molar-refractivity contribution in [3.8, 4) is 11.3 Å². The van der Waals surface area contributed by atoms with Crippen molar-refractivity contribution in [2.75, 3.05) is 13.2 Å². The van der Waals surface area contributed by atoms with Crippen LogP contribution in [0.25, 0.3) is 11.3 Å². The molecule has 0 unspecified atom stereocenters. The minimum absolute atomic E-state index is 0.125.